The third-order valence-electron chi connectivity index (χ3n) is 17.0. The van der Waals surface area contributed by atoms with Crippen LogP contribution in [-0.4, -0.2) is 0 Å². The summed E-state index contributed by atoms with van der Waals surface area (Å²) in [5.41, 5.74) is 30.1. The van der Waals surface area contributed by atoms with Crippen LogP contribution in [-0.2, 0) is 16.2 Å². The van der Waals surface area contributed by atoms with Crippen LogP contribution in [0.4, 0.5) is 34.1 Å². The molecule has 10 aromatic rings. The average molecular weight is 941 g/mol. The minimum absolute atomic E-state index is 0.115. The highest BCUT2D eigenvalue weighted by atomic mass is 15.1. The molecular formula is C71H60N2. The molecule has 0 spiro atoms. The molecule has 3 aliphatic rings. The van der Waals surface area contributed by atoms with Crippen LogP contribution in [0.3, 0.4) is 0 Å². The first-order valence-electron chi connectivity index (χ1n) is 26.0. The number of aryl methyl sites for hydroxylation is 2. The fraction of sp³-hybridized carbons (Fsp3) is 0.155. The Hall–Kier alpha value is -8.20. The monoisotopic (exact) mass is 940 g/mol. The molecule has 0 aliphatic heterocycles. The van der Waals surface area contributed by atoms with E-state index in [0.29, 0.717) is 0 Å². The Bertz CT molecular complexity index is 3740. The van der Waals surface area contributed by atoms with Crippen molar-refractivity contribution >= 4 is 34.1 Å². The quantitative estimate of drug-likeness (QED) is 0.150. The van der Waals surface area contributed by atoms with Crippen molar-refractivity contribution in [2.75, 3.05) is 9.80 Å². The van der Waals surface area contributed by atoms with Crippen molar-refractivity contribution in [2.24, 2.45) is 0 Å². The van der Waals surface area contributed by atoms with Crippen LogP contribution in [0.25, 0.3) is 55.6 Å². The zero-order valence-electron chi connectivity index (χ0n) is 43.2. The first-order valence-corrected chi connectivity index (χ1v) is 26.0. The maximum atomic E-state index is 2.46. The van der Waals surface area contributed by atoms with Gasteiger partial charge in [-0.1, -0.05) is 187 Å². The summed E-state index contributed by atoms with van der Waals surface area (Å²) in [4.78, 5) is 4.90. The molecule has 354 valence electrons. The van der Waals surface area contributed by atoms with E-state index in [1.54, 1.807) is 0 Å². The van der Waals surface area contributed by atoms with Gasteiger partial charge in [0.2, 0.25) is 0 Å². The Balaban J connectivity index is 0.883. The Labute approximate surface area is 431 Å². The van der Waals surface area contributed by atoms with E-state index in [1.165, 1.54) is 100 Å². The maximum Gasteiger partial charge on any atom is 0.0465 e. The number of benzene rings is 10. The second kappa shape index (κ2) is 16.4. The van der Waals surface area contributed by atoms with E-state index in [4.69, 9.17) is 0 Å². The van der Waals surface area contributed by atoms with Gasteiger partial charge in [0.25, 0.3) is 0 Å². The van der Waals surface area contributed by atoms with Crippen molar-refractivity contribution in [3.63, 3.8) is 0 Å². The van der Waals surface area contributed by atoms with E-state index in [0.717, 1.165) is 34.1 Å². The zero-order chi connectivity index (χ0) is 50.0. The van der Waals surface area contributed by atoms with Crippen molar-refractivity contribution < 1.29 is 0 Å². The Kier molecular flexibility index (Phi) is 10.1. The van der Waals surface area contributed by atoms with E-state index < -0.39 is 0 Å². The summed E-state index contributed by atoms with van der Waals surface area (Å²) >= 11 is 0. The number of fused-ring (bicyclic) bond motifs is 9. The summed E-state index contributed by atoms with van der Waals surface area (Å²) in [7, 11) is 0. The Morgan fingerprint density at radius 3 is 0.863 bits per heavy atom. The van der Waals surface area contributed by atoms with Gasteiger partial charge < -0.3 is 9.80 Å². The molecule has 0 atom stereocenters. The molecule has 0 bridgehead atoms. The van der Waals surface area contributed by atoms with Crippen LogP contribution in [0.5, 0.6) is 0 Å². The van der Waals surface area contributed by atoms with Gasteiger partial charge in [0.1, 0.15) is 0 Å². The maximum absolute atomic E-state index is 2.46. The average Bonchev–Trinajstić information content (AvgIpc) is 3.89. The van der Waals surface area contributed by atoms with Crippen LogP contribution in [0.2, 0.25) is 0 Å². The largest absolute Gasteiger partial charge is 0.310 e. The van der Waals surface area contributed by atoms with Crippen LogP contribution in [0.15, 0.2) is 218 Å². The van der Waals surface area contributed by atoms with Crippen LogP contribution in [0, 0.1) is 13.8 Å². The highest BCUT2D eigenvalue weighted by Gasteiger charge is 2.39. The van der Waals surface area contributed by atoms with E-state index in [2.05, 4.69) is 284 Å². The van der Waals surface area contributed by atoms with Gasteiger partial charge in [-0.2, -0.15) is 0 Å². The number of rotatable bonds is 8. The zero-order valence-corrected chi connectivity index (χ0v) is 43.2. The highest BCUT2D eigenvalue weighted by molar-refractivity contribution is 5.90. The topological polar surface area (TPSA) is 6.48 Å². The SMILES string of the molecule is Cc1ccccc1-c1ccc(N(c2ccc(-c3ccc(N(c4ccc5c(c4)C(C)(C)c4ccccc4-5)c4ccc5c(c4)C(C)(C)c4ccccc4-5)cc3)cc2)c2ccc3c(c2)C(C)(C)c2ccccc2-3)cc1C. The first kappa shape index (κ1) is 44.7. The van der Waals surface area contributed by atoms with Crippen LogP contribution < -0.4 is 9.80 Å². The summed E-state index contributed by atoms with van der Waals surface area (Å²) in [6.45, 7) is 18.7. The molecule has 0 saturated carbocycles. The molecule has 0 aromatic heterocycles. The lowest BCUT2D eigenvalue weighted by Gasteiger charge is -2.30. The van der Waals surface area contributed by atoms with Gasteiger partial charge in [0, 0.05) is 50.4 Å². The molecule has 0 amide bonds. The molecule has 0 radical (unpaired) electrons. The van der Waals surface area contributed by atoms with Gasteiger partial charge >= 0.3 is 0 Å². The second-order valence-electron chi connectivity index (χ2n) is 22.3. The summed E-state index contributed by atoms with van der Waals surface area (Å²) in [6, 6.07) is 82.1. The molecule has 10 aromatic carbocycles. The Morgan fingerprint density at radius 1 is 0.233 bits per heavy atom. The third-order valence-corrected chi connectivity index (χ3v) is 17.0. The molecule has 0 fully saturated rings. The first-order chi connectivity index (χ1) is 35.3. The van der Waals surface area contributed by atoms with E-state index in [1.807, 2.05) is 0 Å². The predicted molar refractivity (Wildman–Crippen MR) is 309 cm³/mol. The van der Waals surface area contributed by atoms with E-state index in [9.17, 15) is 0 Å². The molecule has 0 heterocycles. The van der Waals surface area contributed by atoms with Gasteiger partial charge in [0.05, 0.1) is 0 Å². The predicted octanol–water partition coefficient (Wildman–Crippen LogP) is 19.5. The van der Waals surface area contributed by atoms with Gasteiger partial charge in [-0.25, -0.2) is 0 Å². The molecule has 0 unspecified atom stereocenters. The van der Waals surface area contributed by atoms with Crippen LogP contribution >= 0.6 is 0 Å². The Morgan fingerprint density at radius 2 is 0.507 bits per heavy atom. The number of anilines is 6. The number of hydrogen-bond acceptors (Lipinski definition) is 2. The van der Waals surface area contributed by atoms with Gasteiger partial charge in [-0.3, -0.25) is 0 Å². The summed E-state index contributed by atoms with van der Waals surface area (Å²) in [5.74, 6) is 0. The molecule has 2 heteroatoms. The summed E-state index contributed by atoms with van der Waals surface area (Å²) in [5, 5.41) is 0. The smallest absolute Gasteiger partial charge is 0.0465 e. The molecule has 13 rings (SSSR count). The lowest BCUT2D eigenvalue weighted by molar-refractivity contribution is 0.660. The van der Waals surface area contributed by atoms with Crippen molar-refractivity contribution in [3.8, 4) is 55.6 Å². The minimum Gasteiger partial charge on any atom is -0.310 e. The normalized spacial score (nSPS) is 14.6. The number of nitrogens with zero attached hydrogens (tertiary/aromatic N) is 2. The van der Waals surface area contributed by atoms with E-state index >= 15 is 0 Å². The summed E-state index contributed by atoms with van der Waals surface area (Å²) in [6.07, 6.45) is 0. The lowest BCUT2D eigenvalue weighted by atomic mass is 9.82. The molecular weight excluding hydrogens is 881 g/mol. The van der Waals surface area contributed by atoms with Crippen molar-refractivity contribution in [3.05, 3.63) is 263 Å². The second-order valence-corrected chi connectivity index (χ2v) is 22.3. The van der Waals surface area contributed by atoms with Gasteiger partial charge in [0.15, 0.2) is 0 Å². The molecule has 73 heavy (non-hydrogen) atoms. The minimum atomic E-state index is -0.118. The van der Waals surface area contributed by atoms with E-state index in [-0.39, 0.29) is 16.2 Å². The molecule has 3 aliphatic carbocycles. The van der Waals surface area contributed by atoms with Crippen LogP contribution in [0.1, 0.15) is 86.1 Å². The number of hydrogen-bond donors (Lipinski definition) is 0. The lowest BCUT2D eigenvalue weighted by Crippen LogP contribution is -2.18. The summed E-state index contributed by atoms with van der Waals surface area (Å²) < 4.78 is 0. The fourth-order valence-corrected chi connectivity index (χ4v) is 13.0. The standard InChI is InChI=1S/C71H60N2/c1-45-17-9-10-18-55(45)56-37-33-51(41-46(56)2)72(52-34-38-60-57-19-11-14-22-63(57)69(3,4)66(60)42-52)49-29-25-47(26-30-49)48-27-31-50(32-28-48)73(53-35-39-61-58-20-12-15-23-64(58)70(5,6)67(61)43-53)54-36-40-62-59-21-13-16-24-65(59)71(7,8)68(62)44-54/h9-44H,1-8H3. The van der Waals surface area contributed by atoms with Gasteiger partial charge in [-0.15, -0.1) is 0 Å². The highest BCUT2D eigenvalue weighted by Crippen LogP contribution is 2.54. The van der Waals surface area contributed by atoms with Crippen molar-refractivity contribution in [1.29, 1.82) is 0 Å². The van der Waals surface area contributed by atoms with Gasteiger partial charge in [-0.05, 0) is 187 Å². The van der Waals surface area contributed by atoms with Crippen molar-refractivity contribution in [1.82, 2.24) is 0 Å². The fourth-order valence-electron chi connectivity index (χ4n) is 13.0. The third kappa shape index (κ3) is 6.91. The molecule has 0 saturated heterocycles. The van der Waals surface area contributed by atoms with Crippen molar-refractivity contribution in [2.45, 2.75) is 71.6 Å². The molecule has 2 nitrogen and oxygen atoms in total. The molecule has 0 N–H and O–H groups in total.